The van der Waals surface area contributed by atoms with E-state index in [9.17, 15) is 14.3 Å². The first-order chi connectivity index (χ1) is 11.0. The van der Waals surface area contributed by atoms with Crippen molar-refractivity contribution in [2.75, 3.05) is 18.4 Å². The molecule has 6 nitrogen and oxygen atoms in total. The molecule has 23 heavy (non-hydrogen) atoms. The Bertz CT molecular complexity index is 646. The van der Waals surface area contributed by atoms with Crippen molar-refractivity contribution < 1.29 is 19.0 Å². The second kappa shape index (κ2) is 7.89. The van der Waals surface area contributed by atoms with Gasteiger partial charge in [-0.15, -0.1) is 0 Å². The monoisotopic (exact) mass is 339 g/mol. The van der Waals surface area contributed by atoms with E-state index in [0.717, 1.165) is 11.3 Å². The van der Waals surface area contributed by atoms with Crippen LogP contribution in [0.2, 0.25) is 0 Å². The molecule has 0 aliphatic carbocycles. The van der Waals surface area contributed by atoms with E-state index in [1.807, 2.05) is 6.92 Å². The van der Waals surface area contributed by atoms with Crippen LogP contribution in [0.3, 0.4) is 0 Å². The highest BCUT2D eigenvalue weighted by Gasteiger charge is 2.15. The Balaban J connectivity index is 1.96. The Morgan fingerprint density at radius 3 is 2.78 bits per heavy atom. The van der Waals surface area contributed by atoms with Crippen molar-refractivity contribution in [3.05, 3.63) is 36.3 Å². The van der Waals surface area contributed by atoms with Crippen molar-refractivity contribution in [2.24, 2.45) is 0 Å². The number of carbonyl (C=O) groups excluding carboxylic acids is 1. The van der Waals surface area contributed by atoms with Crippen molar-refractivity contribution in [3.8, 4) is 10.8 Å². The summed E-state index contributed by atoms with van der Waals surface area (Å²) >= 11 is 1.16. The van der Waals surface area contributed by atoms with Crippen molar-refractivity contribution in [3.63, 3.8) is 0 Å². The Labute approximate surface area is 137 Å². The number of hydrogen-bond acceptors (Lipinski definition) is 5. The van der Waals surface area contributed by atoms with Crippen LogP contribution in [0.1, 0.15) is 13.8 Å². The maximum Gasteiger partial charge on any atom is 0.323 e. The van der Waals surface area contributed by atoms with E-state index in [0.29, 0.717) is 22.5 Å². The number of likely N-dealkylation sites (N-methyl/N-ethyl adjacent to an activating group) is 1. The summed E-state index contributed by atoms with van der Waals surface area (Å²) in [6.45, 7) is 4.16. The van der Waals surface area contributed by atoms with Crippen molar-refractivity contribution >= 4 is 22.5 Å². The molecular weight excluding hydrogens is 321 g/mol. The molecule has 0 spiro atoms. The molecule has 0 unspecified atom stereocenters. The van der Waals surface area contributed by atoms with Gasteiger partial charge in [-0.3, -0.25) is 5.32 Å². The van der Waals surface area contributed by atoms with Gasteiger partial charge in [0, 0.05) is 13.1 Å². The molecule has 1 aromatic heterocycles. The highest BCUT2D eigenvalue weighted by atomic mass is 32.1. The number of carbonyl (C=O) groups is 1. The number of nitrogens with zero attached hydrogens (tertiary/aromatic N) is 2. The first-order valence-electron chi connectivity index (χ1n) is 7.11. The summed E-state index contributed by atoms with van der Waals surface area (Å²) in [4.78, 5) is 17.6. The van der Waals surface area contributed by atoms with Gasteiger partial charge in [0.2, 0.25) is 5.06 Å². The fourth-order valence-corrected chi connectivity index (χ4v) is 2.51. The maximum atomic E-state index is 12.8. The van der Waals surface area contributed by atoms with Crippen LogP contribution in [-0.2, 0) is 0 Å². The van der Waals surface area contributed by atoms with Crippen LogP contribution >= 0.6 is 11.3 Å². The Morgan fingerprint density at radius 1 is 1.48 bits per heavy atom. The number of urea groups is 1. The van der Waals surface area contributed by atoms with Gasteiger partial charge in [0.15, 0.2) is 5.13 Å². The van der Waals surface area contributed by atoms with Crippen LogP contribution in [0.15, 0.2) is 30.5 Å². The maximum absolute atomic E-state index is 12.8. The standard InChI is InChI=1S/C15H18FN3O3S/c1-3-19(9-10(2)20)15(21)18-14-17-8-13(23-14)22-12-6-4-11(16)5-7-12/h4-8,10,20H,3,9H2,1-2H3,(H,17,18,21)/t10-/m0/s1. The number of benzene rings is 1. The predicted molar refractivity (Wildman–Crippen MR) is 86.5 cm³/mol. The summed E-state index contributed by atoms with van der Waals surface area (Å²) in [6.07, 6.45) is 0.878. The third-order valence-corrected chi connectivity index (χ3v) is 3.67. The molecule has 0 bridgehead atoms. The third-order valence-electron chi connectivity index (χ3n) is 2.88. The van der Waals surface area contributed by atoms with Crippen LogP contribution < -0.4 is 10.1 Å². The Hall–Kier alpha value is -2.19. The summed E-state index contributed by atoms with van der Waals surface area (Å²) in [5.74, 6) is 0.143. The summed E-state index contributed by atoms with van der Waals surface area (Å²) in [5, 5.41) is 12.9. The summed E-state index contributed by atoms with van der Waals surface area (Å²) in [7, 11) is 0. The highest BCUT2D eigenvalue weighted by Crippen LogP contribution is 2.30. The van der Waals surface area contributed by atoms with E-state index in [-0.39, 0.29) is 18.4 Å². The number of halogens is 1. The minimum atomic E-state index is -0.602. The second-order valence-corrected chi connectivity index (χ2v) is 5.85. The number of amides is 2. The molecule has 0 fully saturated rings. The van der Waals surface area contributed by atoms with Gasteiger partial charge in [0.05, 0.1) is 12.3 Å². The van der Waals surface area contributed by atoms with Gasteiger partial charge in [-0.25, -0.2) is 14.2 Å². The molecule has 1 atom stereocenters. The zero-order valence-electron chi connectivity index (χ0n) is 12.8. The number of thiazole rings is 1. The van der Waals surface area contributed by atoms with E-state index in [1.165, 1.54) is 35.4 Å². The van der Waals surface area contributed by atoms with Gasteiger partial charge < -0.3 is 14.7 Å². The molecule has 0 saturated carbocycles. The average Bonchev–Trinajstić information content (AvgIpc) is 2.94. The number of aromatic nitrogens is 1. The Morgan fingerprint density at radius 2 is 2.17 bits per heavy atom. The lowest BCUT2D eigenvalue weighted by atomic mass is 10.3. The van der Waals surface area contributed by atoms with E-state index < -0.39 is 6.10 Å². The lowest BCUT2D eigenvalue weighted by Crippen LogP contribution is -2.39. The van der Waals surface area contributed by atoms with Gasteiger partial charge in [-0.1, -0.05) is 11.3 Å². The molecule has 0 saturated heterocycles. The number of rotatable bonds is 6. The molecule has 2 N–H and O–H groups in total. The number of anilines is 1. The fourth-order valence-electron chi connectivity index (χ4n) is 1.83. The summed E-state index contributed by atoms with van der Waals surface area (Å²) in [6, 6.07) is 5.28. The van der Waals surface area contributed by atoms with Gasteiger partial charge in [0.25, 0.3) is 0 Å². The third kappa shape index (κ3) is 5.19. The molecule has 0 radical (unpaired) electrons. The van der Waals surface area contributed by atoms with Crippen LogP contribution in [0, 0.1) is 5.82 Å². The lowest BCUT2D eigenvalue weighted by Gasteiger charge is -2.21. The number of hydrogen-bond donors (Lipinski definition) is 2. The molecule has 1 aromatic carbocycles. The molecule has 1 heterocycles. The number of nitrogens with one attached hydrogen (secondary N) is 1. The summed E-state index contributed by atoms with van der Waals surface area (Å²) < 4.78 is 18.4. The van der Waals surface area contributed by atoms with Crippen LogP contribution in [-0.4, -0.2) is 40.2 Å². The SMILES string of the molecule is CCN(C[C@H](C)O)C(=O)Nc1ncc(Oc2ccc(F)cc2)s1. The topological polar surface area (TPSA) is 74.7 Å². The number of aliphatic hydroxyl groups is 1. The number of aliphatic hydroxyl groups excluding tert-OH is 1. The van der Waals surface area contributed by atoms with Gasteiger partial charge >= 0.3 is 6.03 Å². The zero-order chi connectivity index (χ0) is 16.8. The minimum Gasteiger partial charge on any atom is -0.445 e. The molecule has 0 aliphatic rings. The predicted octanol–water partition coefficient (Wildman–Crippen LogP) is 3.31. The average molecular weight is 339 g/mol. The van der Waals surface area contributed by atoms with Gasteiger partial charge in [-0.05, 0) is 38.1 Å². The number of ether oxygens (including phenoxy) is 1. The van der Waals surface area contributed by atoms with Crippen molar-refractivity contribution in [2.45, 2.75) is 20.0 Å². The smallest absolute Gasteiger partial charge is 0.323 e. The second-order valence-electron chi connectivity index (χ2n) is 4.86. The first kappa shape index (κ1) is 17.2. The largest absolute Gasteiger partial charge is 0.445 e. The van der Waals surface area contributed by atoms with E-state index >= 15 is 0 Å². The molecular formula is C15H18FN3O3S. The minimum absolute atomic E-state index is 0.243. The van der Waals surface area contributed by atoms with E-state index in [1.54, 1.807) is 6.92 Å². The first-order valence-corrected chi connectivity index (χ1v) is 7.92. The summed E-state index contributed by atoms with van der Waals surface area (Å²) in [5.41, 5.74) is 0. The molecule has 2 aromatic rings. The van der Waals surface area contributed by atoms with Crippen LogP contribution in [0.4, 0.5) is 14.3 Å². The molecule has 2 rings (SSSR count). The molecule has 124 valence electrons. The quantitative estimate of drug-likeness (QED) is 0.847. The molecule has 8 heteroatoms. The highest BCUT2D eigenvalue weighted by molar-refractivity contribution is 7.17. The molecule has 0 aliphatic heterocycles. The van der Waals surface area contributed by atoms with Crippen LogP contribution in [0.5, 0.6) is 10.8 Å². The normalized spacial score (nSPS) is 11.8. The molecule has 2 amide bonds. The van der Waals surface area contributed by atoms with Crippen LogP contribution in [0.25, 0.3) is 0 Å². The van der Waals surface area contributed by atoms with Crippen molar-refractivity contribution in [1.29, 1.82) is 0 Å². The lowest BCUT2D eigenvalue weighted by molar-refractivity contribution is 0.141. The van der Waals surface area contributed by atoms with Crippen molar-refractivity contribution in [1.82, 2.24) is 9.88 Å². The van der Waals surface area contributed by atoms with E-state index in [4.69, 9.17) is 4.74 Å². The Kier molecular flexibility index (Phi) is 5.89. The van der Waals surface area contributed by atoms with Gasteiger partial charge in [-0.2, -0.15) is 0 Å². The van der Waals surface area contributed by atoms with E-state index in [2.05, 4.69) is 10.3 Å². The fraction of sp³-hybridized carbons (Fsp3) is 0.333. The zero-order valence-corrected chi connectivity index (χ0v) is 13.6. The van der Waals surface area contributed by atoms with Gasteiger partial charge in [0.1, 0.15) is 11.6 Å².